The number of rotatable bonds is 4. The van der Waals surface area contributed by atoms with Gasteiger partial charge in [-0.2, -0.15) is 0 Å². The molecule has 1 saturated carbocycles. The number of hydrogen-bond acceptors (Lipinski definition) is 1. The summed E-state index contributed by atoms with van der Waals surface area (Å²) in [6.07, 6.45) is 3.45. The van der Waals surface area contributed by atoms with Crippen molar-refractivity contribution in [2.24, 2.45) is 11.3 Å². The quantitative estimate of drug-likeness (QED) is 0.832. The van der Waals surface area contributed by atoms with Crippen molar-refractivity contribution in [1.82, 2.24) is 0 Å². The summed E-state index contributed by atoms with van der Waals surface area (Å²) in [5.74, 6) is 0.696. The van der Waals surface area contributed by atoms with Gasteiger partial charge < -0.3 is 5.11 Å². The molecule has 1 aliphatic carbocycles. The number of halogens is 1. The molecule has 2 heteroatoms. The Morgan fingerprint density at radius 2 is 2.20 bits per heavy atom. The van der Waals surface area contributed by atoms with Crippen LogP contribution in [0.5, 0.6) is 0 Å². The van der Waals surface area contributed by atoms with Crippen molar-refractivity contribution in [3.8, 4) is 0 Å². The molecule has 1 unspecified atom stereocenters. The summed E-state index contributed by atoms with van der Waals surface area (Å²) < 4.78 is 0. The van der Waals surface area contributed by atoms with Crippen molar-refractivity contribution in [2.75, 3.05) is 6.61 Å². The molecule has 0 radical (unpaired) electrons. The molecule has 0 bridgehead atoms. The predicted octanol–water partition coefficient (Wildman–Crippen LogP) is 3.29. The molecule has 0 amide bonds. The van der Waals surface area contributed by atoms with Crippen LogP contribution in [-0.2, 0) is 6.42 Å². The van der Waals surface area contributed by atoms with Gasteiger partial charge in [-0.25, -0.2) is 0 Å². The third kappa shape index (κ3) is 2.53. The molecule has 1 aromatic carbocycles. The Morgan fingerprint density at radius 3 is 2.73 bits per heavy atom. The first-order chi connectivity index (χ1) is 7.14. The normalized spacial score (nSPS) is 19.9. The van der Waals surface area contributed by atoms with Crippen LogP contribution < -0.4 is 0 Å². The van der Waals surface area contributed by atoms with E-state index in [1.165, 1.54) is 18.4 Å². The number of hydrogen-bond donors (Lipinski definition) is 1. The molecule has 1 fully saturated rings. The second-order valence-electron chi connectivity index (χ2n) is 4.89. The second kappa shape index (κ2) is 4.15. The van der Waals surface area contributed by atoms with Crippen LogP contribution >= 0.6 is 11.6 Å². The molecule has 2 rings (SSSR count). The van der Waals surface area contributed by atoms with Gasteiger partial charge in [0, 0.05) is 11.6 Å². The van der Waals surface area contributed by atoms with E-state index < -0.39 is 0 Å². The van der Waals surface area contributed by atoms with Crippen LogP contribution in [0.15, 0.2) is 24.3 Å². The van der Waals surface area contributed by atoms with Gasteiger partial charge in [0.05, 0.1) is 0 Å². The zero-order valence-corrected chi connectivity index (χ0v) is 9.80. The van der Waals surface area contributed by atoms with E-state index in [-0.39, 0.29) is 12.0 Å². The van der Waals surface area contributed by atoms with Crippen molar-refractivity contribution in [3.63, 3.8) is 0 Å². The Balaban J connectivity index is 2.12. The monoisotopic (exact) mass is 224 g/mol. The minimum absolute atomic E-state index is 0.0463. The SMILES string of the molecule is CC(CO)(Cc1cccc(Cl)c1)C1CC1. The van der Waals surface area contributed by atoms with Crippen LogP contribution in [0.25, 0.3) is 0 Å². The van der Waals surface area contributed by atoms with Gasteiger partial charge in [0.15, 0.2) is 0 Å². The number of benzene rings is 1. The third-order valence-corrected chi connectivity index (χ3v) is 3.66. The molecule has 0 spiro atoms. The van der Waals surface area contributed by atoms with Crippen LogP contribution in [0.1, 0.15) is 25.3 Å². The Labute approximate surface area is 96.1 Å². The Hall–Kier alpha value is -0.530. The Morgan fingerprint density at radius 1 is 1.47 bits per heavy atom. The van der Waals surface area contributed by atoms with E-state index in [2.05, 4.69) is 13.0 Å². The van der Waals surface area contributed by atoms with Gasteiger partial charge in [-0.05, 0) is 48.3 Å². The van der Waals surface area contributed by atoms with Gasteiger partial charge in [0.25, 0.3) is 0 Å². The van der Waals surface area contributed by atoms with Crippen LogP contribution in [0, 0.1) is 11.3 Å². The fourth-order valence-corrected chi connectivity index (χ4v) is 2.44. The maximum absolute atomic E-state index is 9.49. The molecule has 1 nitrogen and oxygen atoms in total. The molecule has 82 valence electrons. The lowest BCUT2D eigenvalue weighted by Gasteiger charge is -2.27. The van der Waals surface area contributed by atoms with Crippen molar-refractivity contribution in [3.05, 3.63) is 34.9 Å². The van der Waals surface area contributed by atoms with Crippen LogP contribution in [-0.4, -0.2) is 11.7 Å². The molecule has 1 aromatic rings. The highest BCUT2D eigenvalue weighted by atomic mass is 35.5. The highest BCUT2D eigenvalue weighted by Gasteiger charge is 2.40. The fraction of sp³-hybridized carbons (Fsp3) is 0.538. The van der Waals surface area contributed by atoms with Gasteiger partial charge in [0.1, 0.15) is 0 Å². The molecular weight excluding hydrogens is 208 g/mol. The first-order valence-corrected chi connectivity index (χ1v) is 5.87. The highest BCUT2D eigenvalue weighted by molar-refractivity contribution is 6.30. The molecule has 1 atom stereocenters. The second-order valence-corrected chi connectivity index (χ2v) is 5.33. The lowest BCUT2D eigenvalue weighted by molar-refractivity contribution is 0.119. The van der Waals surface area contributed by atoms with Crippen molar-refractivity contribution in [1.29, 1.82) is 0 Å². The highest BCUT2D eigenvalue weighted by Crippen LogP contribution is 2.47. The van der Waals surface area contributed by atoms with Gasteiger partial charge in [-0.3, -0.25) is 0 Å². The van der Waals surface area contributed by atoms with E-state index >= 15 is 0 Å². The van der Waals surface area contributed by atoms with E-state index in [0.717, 1.165) is 11.4 Å². The minimum Gasteiger partial charge on any atom is -0.396 e. The molecule has 1 N–H and O–H groups in total. The van der Waals surface area contributed by atoms with E-state index in [4.69, 9.17) is 11.6 Å². The number of aliphatic hydroxyl groups excluding tert-OH is 1. The van der Waals surface area contributed by atoms with Gasteiger partial charge in [-0.1, -0.05) is 30.7 Å². The van der Waals surface area contributed by atoms with Gasteiger partial charge >= 0.3 is 0 Å². The summed E-state index contributed by atoms with van der Waals surface area (Å²) in [4.78, 5) is 0. The molecule has 0 aliphatic heterocycles. The maximum Gasteiger partial charge on any atom is 0.0490 e. The average molecular weight is 225 g/mol. The summed E-state index contributed by atoms with van der Waals surface area (Å²) in [5.41, 5.74) is 1.27. The molecule has 0 aromatic heterocycles. The molecule has 0 saturated heterocycles. The third-order valence-electron chi connectivity index (χ3n) is 3.42. The zero-order chi connectivity index (χ0) is 10.9. The number of aliphatic hydroxyl groups is 1. The smallest absolute Gasteiger partial charge is 0.0490 e. The molecular formula is C13H17ClO. The summed E-state index contributed by atoms with van der Waals surface area (Å²) >= 11 is 5.95. The summed E-state index contributed by atoms with van der Waals surface area (Å²) in [6.45, 7) is 2.44. The Bertz CT molecular complexity index is 346. The predicted molar refractivity (Wildman–Crippen MR) is 63.1 cm³/mol. The first-order valence-electron chi connectivity index (χ1n) is 5.49. The van der Waals surface area contributed by atoms with Gasteiger partial charge in [-0.15, -0.1) is 0 Å². The standard InChI is InChI=1S/C13H17ClO/c1-13(9-15,11-5-6-11)8-10-3-2-4-12(14)7-10/h2-4,7,11,15H,5-6,8-9H2,1H3. The lowest BCUT2D eigenvalue weighted by Crippen LogP contribution is -2.26. The van der Waals surface area contributed by atoms with Crippen molar-refractivity contribution >= 4 is 11.6 Å². The maximum atomic E-state index is 9.49. The summed E-state index contributed by atoms with van der Waals surface area (Å²) in [6, 6.07) is 7.95. The van der Waals surface area contributed by atoms with Crippen molar-refractivity contribution < 1.29 is 5.11 Å². The largest absolute Gasteiger partial charge is 0.396 e. The van der Waals surface area contributed by atoms with Crippen LogP contribution in [0.4, 0.5) is 0 Å². The van der Waals surface area contributed by atoms with Crippen LogP contribution in [0.2, 0.25) is 5.02 Å². The van der Waals surface area contributed by atoms with E-state index in [0.29, 0.717) is 5.92 Å². The van der Waals surface area contributed by atoms with E-state index in [9.17, 15) is 5.11 Å². The van der Waals surface area contributed by atoms with E-state index in [1.54, 1.807) is 0 Å². The summed E-state index contributed by atoms with van der Waals surface area (Å²) in [5, 5.41) is 10.3. The molecule has 15 heavy (non-hydrogen) atoms. The lowest BCUT2D eigenvalue weighted by atomic mass is 9.80. The first kappa shape index (κ1) is 11.0. The molecule has 1 aliphatic rings. The summed E-state index contributed by atoms with van der Waals surface area (Å²) in [7, 11) is 0. The van der Waals surface area contributed by atoms with E-state index in [1.807, 2.05) is 18.2 Å². The minimum atomic E-state index is 0.0463. The zero-order valence-electron chi connectivity index (χ0n) is 9.04. The topological polar surface area (TPSA) is 20.2 Å². The fourth-order valence-electron chi connectivity index (χ4n) is 2.22. The van der Waals surface area contributed by atoms with Crippen molar-refractivity contribution in [2.45, 2.75) is 26.2 Å². The average Bonchev–Trinajstić information content (AvgIpc) is 3.01. The molecule has 0 heterocycles. The van der Waals surface area contributed by atoms with Gasteiger partial charge in [0.2, 0.25) is 0 Å². The Kier molecular flexibility index (Phi) is 3.03. The van der Waals surface area contributed by atoms with Crippen LogP contribution in [0.3, 0.4) is 0 Å².